The quantitative estimate of drug-likeness (QED) is 0.538. The molecule has 112 valence electrons. The summed E-state index contributed by atoms with van der Waals surface area (Å²) in [6.07, 6.45) is 4.15. The maximum absolute atomic E-state index is 5.42. The van der Waals surface area contributed by atoms with Gasteiger partial charge in [-0.1, -0.05) is 36.4 Å². The number of hydrogen-bond acceptors (Lipinski definition) is 3. The van der Waals surface area contributed by atoms with Crippen molar-refractivity contribution in [1.29, 1.82) is 0 Å². The van der Waals surface area contributed by atoms with E-state index >= 15 is 0 Å². The topological polar surface area (TPSA) is 40.5 Å². The molecule has 0 saturated carbocycles. The summed E-state index contributed by atoms with van der Waals surface area (Å²) in [5, 5.41) is 5.21. The number of aromatic nitrogens is 1. The molecule has 0 spiro atoms. The number of hydrazone groups is 1. The van der Waals surface area contributed by atoms with Gasteiger partial charge in [0.25, 0.3) is 0 Å². The van der Waals surface area contributed by atoms with Crippen molar-refractivity contribution in [1.82, 2.24) is 15.3 Å². The molecule has 2 aromatic rings. The van der Waals surface area contributed by atoms with E-state index in [2.05, 4.69) is 20.4 Å². The SMILES string of the molecule is S=C(N/N=C(\c1ccccc1)c1ccccn1)N1CCCC1. The predicted octanol–water partition coefficient (Wildman–Crippen LogP) is 2.80. The lowest BCUT2D eigenvalue weighted by Gasteiger charge is -2.17. The fourth-order valence-corrected chi connectivity index (χ4v) is 2.69. The minimum Gasteiger partial charge on any atom is -0.348 e. The van der Waals surface area contributed by atoms with Crippen molar-refractivity contribution in [3.63, 3.8) is 0 Å². The Kier molecular flexibility index (Phi) is 4.75. The molecule has 1 saturated heterocycles. The first-order valence-corrected chi connectivity index (χ1v) is 7.85. The van der Waals surface area contributed by atoms with Crippen molar-refractivity contribution in [2.24, 2.45) is 5.10 Å². The van der Waals surface area contributed by atoms with Crippen molar-refractivity contribution in [2.75, 3.05) is 13.1 Å². The van der Waals surface area contributed by atoms with Crippen molar-refractivity contribution < 1.29 is 0 Å². The minimum absolute atomic E-state index is 0.682. The number of benzene rings is 1. The average Bonchev–Trinajstić information content (AvgIpc) is 3.11. The second kappa shape index (κ2) is 7.13. The van der Waals surface area contributed by atoms with Gasteiger partial charge in [-0.3, -0.25) is 10.4 Å². The van der Waals surface area contributed by atoms with Gasteiger partial charge < -0.3 is 4.90 Å². The molecule has 5 heteroatoms. The van der Waals surface area contributed by atoms with Gasteiger partial charge in [-0.05, 0) is 37.2 Å². The molecule has 1 aromatic carbocycles. The van der Waals surface area contributed by atoms with Crippen LogP contribution in [-0.4, -0.2) is 33.8 Å². The second-order valence-corrected chi connectivity index (χ2v) is 5.54. The van der Waals surface area contributed by atoms with Gasteiger partial charge in [0.15, 0.2) is 5.11 Å². The Bertz CT molecular complexity index is 607. The largest absolute Gasteiger partial charge is 0.348 e. The Morgan fingerprint density at radius 1 is 1.05 bits per heavy atom. The van der Waals surface area contributed by atoms with E-state index in [1.807, 2.05) is 48.5 Å². The summed E-state index contributed by atoms with van der Waals surface area (Å²) in [6, 6.07) is 15.8. The number of nitrogens with one attached hydrogen (secondary N) is 1. The summed E-state index contributed by atoms with van der Waals surface area (Å²) >= 11 is 5.42. The standard InChI is InChI=1S/C17H18N4S/c22-17(21-12-6-7-13-21)20-19-16(14-8-2-1-3-9-14)15-10-4-5-11-18-15/h1-5,8-11H,6-7,12-13H2,(H,20,22)/b19-16+. The van der Waals surface area contributed by atoms with Crippen LogP contribution in [0.25, 0.3) is 0 Å². The molecule has 0 unspecified atom stereocenters. The zero-order valence-corrected chi connectivity index (χ0v) is 13.1. The zero-order chi connectivity index (χ0) is 15.2. The Labute approximate surface area is 135 Å². The first-order chi connectivity index (χ1) is 10.8. The second-order valence-electron chi connectivity index (χ2n) is 5.15. The van der Waals surface area contributed by atoms with E-state index in [1.165, 1.54) is 12.8 Å². The summed E-state index contributed by atoms with van der Waals surface area (Å²) in [5.74, 6) is 0. The number of thiocarbonyl (C=S) groups is 1. The van der Waals surface area contributed by atoms with Gasteiger partial charge in [0.2, 0.25) is 0 Å². The van der Waals surface area contributed by atoms with Crippen molar-refractivity contribution in [2.45, 2.75) is 12.8 Å². The van der Waals surface area contributed by atoms with Crippen LogP contribution in [0.3, 0.4) is 0 Å². The average molecular weight is 310 g/mol. The van der Waals surface area contributed by atoms with Crippen LogP contribution < -0.4 is 5.43 Å². The highest BCUT2D eigenvalue weighted by Crippen LogP contribution is 2.10. The van der Waals surface area contributed by atoms with E-state index in [0.29, 0.717) is 5.11 Å². The fourth-order valence-electron chi connectivity index (χ4n) is 2.46. The summed E-state index contributed by atoms with van der Waals surface area (Å²) in [4.78, 5) is 6.56. The van der Waals surface area contributed by atoms with Crippen LogP contribution in [0.2, 0.25) is 0 Å². The van der Waals surface area contributed by atoms with Crippen LogP contribution >= 0.6 is 12.2 Å². The van der Waals surface area contributed by atoms with E-state index in [0.717, 1.165) is 30.1 Å². The molecule has 1 fully saturated rings. The Hall–Kier alpha value is -2.27. The third kappa shape index (κ3) is 3.49. The van der Waals surface area contributed by atoms with E-state index in [4.69, 9.17) is 12.2 Å². The van der Waals surface area contributed by atoms with Crippen LogP contribution in [0.15, 0.2) is 59.8 Å². The molecule has 0 aliphatic carbocycles. The van der Waals surface area contributed by atoms with Crippen LogP contribution in [0.1, 0.15) is 24.1 Å². The monoisotopic (exact) mass is 310 g/mol. The lowest BCUT2D eigenvalue weighted by Crippen LogP contribution is -2.35. The number of rotatable bonds is 3. The molecule has 1 aliphatic rings. The van der Waals surface area contributed by atoms with Crippen LogP contribution in [0.4, 0.5) is 0 Å². The number of hydrogen-bond donors (Lipinski definition) is 1. The molecule has 22 heavy (non-hydrogen) atoms. The first-order valence-electron chi connectivity index (χ1n) is 7.44. The molecule has 4 nitrogen and oxygen atoms in total. The minimum atomic E-state index is 0.682. The normalized spacial score (nSPS) is 14.9. The zero-order valence-electron chi connectivity index (χ0n) is 12.3. The molecule has 0 amide bonds. The summed E-state index contributed by atoms with van der Waals surface area (Å²) < 4.78 is 0. The van der Waals surface area contributed by atoms with E-state index < -0.39 is 0 Å². The van der Waals surface area contributed by atoms with E-state index in [1.54, 1.807) is 6.20 Å². The van der Waals surface area contributed by atoms with E-state index in [-0.39, 0.29) is 0 Å². The lowest BCUT2D eigenvalue weighted by molar-refractivity contribution is 0.509. The van der Waals surface area contributed by atoms with Crippen LogP contribution in [0.5, 0.6) is 0 Å². The Balaban J connectivity index is 1.85. The van der Waals surface area contributed by atoms with Crippen LogP contribution in [0, 0.1) is 0 Å². The third-order valence-corrected chi connectivity index (χ3v) is 3.96. The Morgan fingerprint density at radius 2 is 1.77 bits per heavy atom. The van der Waals surface area contributed by atoms with Crippen molar-refractivity contribution in [3.8, 4) is 0 Å². The van der Waals surface area contributed by atoms with Gasteiger partial charge in [0.1, 0.15) is 5.71 Å². The van der Waals surface area contributed by atoms with Gasteiger partial charge in [0.05, 0.1) is 5.69 Å². The highest BCUT2D eigenvalue weighted by Gasteiger charge is 2.15. The molecule has 0 atom stereocenters. The highest BCUT2D eigenvalue weighted by atomic mass is 32.1. The summed E-state index contributed by atoms with van der Waals surface area (Å²) in [5.41, 5.74) is 5.66. The molecular formula is C17H18N4S. The molecule has 1 N–H and O–H groups in total. The van der Waals surface area contributed by atoms with Gasteiger partial charge in [-0.2, -0.15) is 5.10 Å². The molecule has 0 radical (unpaired) electrons. The maximum Gasteiger partial charge on any atom is 0.189 e. The fraction of sp³-hybridized carbons (Fsp3) is 0.235. The third-order valence-electron chi connectivity index (χ3n) is 3.61. The van der Waals surface area contributed by atoms with Crippen molar-refractivity contribution in [3.05, 3.63) is 66.0 Å². The highest BCUT2D eigenvalue weighted by molar-refractivity contribution is 7.80. The Morgan fingerprint density at radius 3 is 2.45 bits per heavy atom. The molecule has 1 aromatic heterocycles. The first kappa shape index (κ1) is 14.7. The lowest BCUT2D eigenvalue weighted by atomic mass is 10.1. The number of likely N-dealkylation sites (tertiary alicyclic amines) is 1. The molecule has 1 aliphatic heterocycles. The van der Waals surface area contributed by atoms with Crippen LogP contribution in [-0.2, 0) is 0 Å². The van der Waals surface area contributed by atoms with Gasteiger partial charge >= 0.3 is 0 Å². The van der Waals surface area contributed by atoms with Gasteiger partial charge in [0, 0.05) is 24.8 Å². The van der Waals surface area contributed by atoms with Gasteiger partial charge in [-0.25, -0.2) is 0 Å². The molecule has 2 heterocycles. The molecule has 3 rings (SSSR count). The van der Waals surface area contributed by atoms with Crippen molar-refractivity contribution >= 4 is 23.0 Å². The number of pyridine rings is 1. The maximum atomic E-state index is 5.42. The van der Waals surface area contributed by atoms with Gasteiger partial charge in [-0.15, -0.1) is 0 Å². The van der Waals surface area contributed by atoms with E-state index in [9.17, 15) is 0 Å². The smallest absolute Gasteiger partial charge is 0.189 e. The molecular weight excluding hydrogens is 292 g/mol. The summed E-state index contributed by atoms with van der Waals surface area (Å²) in [6.45, 7) is 2.01. The predicted molar refractivity (Wildman–Crippen MR) is 92.9 cm³/mol. The molecule has 0 bridgehead atoms. The number of nitrogens with zero attached hydrogens (tertiary/aromatic N) is 3. The summed E-state index contributed by atoms with van der Waals surface area (Å²) in [7, 11) is 0.